The molecule has 3 unspecified atom stereocenters. The van der Waals surface area contributed by atoms with Crippen molar-refractivity contribution in [2.75, 3.05) is 6.54 Å². The highest BCUT2D eigenvalue weighted by atomic mass is 32.2. The molecule has 2 heterocycles. The highest BCUT2D eigenvalue weighted by Crippen LogP contribution is 2.39. The van der Waals surface area contributed by atoms with Crippen LogP contribution in [0.4, 0.5) is 0 Å². The molecule has 8 nitrogen and oxygen atoms in total. The van der Waals surface area contributed by atoms with Crippen LogP contribution >= 0.6 is 0 Å². The molecule has 0 saturated carbocycles. The van der Waals surface area contributed by atoms with Gasteiger partial charge >= 0.3 is 0 Å². The Hall–Kier alpha value is -3.35. The lowest BCUT2D eigenvalue weighted by Gasteiger charge is -2.37. The van der Waals surface area contributed by atoms with E-state index in [9.17, 15) is 8.42 Å². The Labute approximate surface area is 206 Å². The van der Waals surface area contributed by atoms with E-state index in [0.29, 0.717) is 42.1 Å². The molecule has 2 aromatic heterocycles. The lowest BCUT2D eigenvalue weighted by Crippen LogP contribution is -2.37. The van der Waals surface area contributed by atoms with E-state index >= 15 is 0 Å². The maximum absolute atomic E-state index is 12.8. The molecule has 1 aliphatic rings. The summed E-state index contributed by atoms with van der Waals surface area (Å²) in [5.74, 6) is 2.08. The summed E-state index contributed by atoms with van der Waals surface area (Å²) in [7, 11) is -3.66. The molecular weight excluding hydrogens is 462 g/mol. The zero-order chi connectivity index (χ0) is 25.0. The fraction of sp³-hybridized carbons (Fsp3) is 0.385. The topological polar surface area (TPSA) is 122 Å². The molecule has 9 heteroatoms. The molecular formula is C26H29N5O3S. The van der Waals surface area contributed by atoms with Gasteiger partial charge in [-0.2, -0.15) is 5.26 Å². The molecule has 4 rings (SSSR count). The van der Waals surface area contributed by atoms with Crippen LogP contribution < -0.4 is 4.72 Å². The molecule has 0 fully saturated rings. The van der Waals surface area contributed by atoms with Crippen molar-refractivity contribution in [1.82, 2.24) is 19.9 Å². The van der Waals surface area contributed by atoms with Crippen LogP contribution in [0.25, 0.3) is 11.5 Å². The second-order valence-corrected chi connectivity index (χ2v) is 11.1. The Morgan fingerprint density at radius 3 is 2.51 bits per heavy atom. The van der Waals surface area contributed by atoms with Gasteiger partial charge < -0.3 is 4.42 Å². The first-order chi connectivity index (χ1) is 16.8. The van der Waals surface area contributed by atoms with Crippen LogP contribution in [0.1, 0.15) is 38.6 Å². The van der Waals surface area contributed by atoms with Crippen LogP contribution in [0.2, 0.25) is 0 Å². The summed E-state index contributed by atoms with van der Waals surface area (Å²) in [6, 6.07) is 11.6. The molecule has 3 aromatic rings. The average molecular weight is 492 g/mol. The Morgan fingerprint density at radius 2 is 1.86 bits per heavy atom. The number of benzene rings is 1. The zero-order valence-corrected chi connectivity index (χ0v) is 20.9. The van der Waals surface area contributed by atoms with E-state index in [1.807, 2.05) is 18.2 Å². The van der Waals surface area contributed by atoms with Crippen molar-refractivity contribution in [1.29, 1.82) is 5.26 Å². The molecule has 0 radical (unpaired) electrons. The third kappa shape index (κ3) is 5.84. The average Bonchev–Trinajstić information content (AvgIpc) is 3.33. The van der Waals surface area contributed by atoms with E-state index in [1.54, 1.807) is 12.4 Å². The van der Waals surface area contributed by atoms with Crippen molar-refractivity contribution in [2.24, 2.45) is 23.7 Å². The second-order valence-electron chi connectivity index (χ2n) is 9.34. The third-order valence-corrected chi connectivity index (χ3v) is 8.14. The van der Waals surface area contributed by atoms with Gasteiger partial charge in [0, 0.05) is 30.9 Å². The minimum Gasteiger partial charge on any atom is -0.421 e. The predicted molar refractivity (Wildman–Crippen MR) is 131 cm³/mol. The summed E-state index contributed by atoms with van der Waals surface area (Å²) in [6.45, 7) is 6.75. The minimum absolute atomic E-state index is 0.0782. The smallest absolute Gasteiger partial charge is 0.247 e. The van der Waals surface area contributed by atoms with Gasteiger partial charge in [-0.25, -0.2) is 13.1 Å². The molecule has 0 spiro atoms. The lowest BCUT2D eigenvalue weighted by molar-refractivity contribution is 0.223. The largest absolute Gasteiger partial charge is 0.421 e. The molecule has 0 bridgehead atoms. The molecule has 0 amide bonds. The number of nitrogens with one attached hydrogen (secondary N) is 1. The summed E-state index contributed by atoms with van der Waals surface area (Å²) in [6.07, 6.45) is 7.14. The predicted octanol–water partition coefficient (Wildman–Crippen LogP) is 4.38. The van der Waals surface area contributed by atoms with Gasteiger partial charge in [0.1, 0.15) is 0 Å². The van der Waals surface area contributed by atoms with Gasteiger partial charge in [-0.1, -0.05) is 25.5 Å². The van der Waals surface area contributed by atoms with E-state index in [0.717, 1.165) is 12.0 Å². The summed E-state index contributed by atoms with van der Waals surface area (Å²) in [5.41, 5.74) is 2.47. The molecule has 35 heavy (non-hydrogen) atoms. The van der Waals surface area contributed by atoms with Crippen molar-refractivity contribution < 1.29 is 12.8 Å². The van der Waals surface area contributed by atoms with E-state index in [4.69, 9.17) is 9.68 Å². The molecule has 182 valence electrons. The highest BCUT2D eigenvalue weighted by Gasteiger charge is 2.33. The molecule has 1 aliphatic carbocycles. The summed E-state index contributed by atoms with van der Waals surface area (Å²) >= 11 is 0. The van der Waals surface area contributed by atoms with Gasteiger partial charge in [0.05, 0.1) is 16.5 Å². The highest BCUT2D eigenvalue weighted by molar-refractivity contribution is 7.89. The van der Waals surface area contributed by atoms with Gasteiger partial charge in [0.15, 0.2) is 0 Å². The molecule has 0 saturated heterocycles. The van der Waals surface area contributed by atoms with Gasteiger partial charge in [0.2, 0.25) is 21.8 Å². The summed E-state index contributed by atoms with van der Waals surface area (Å²) < 4.78 is 34.3. The second kappa shape index (κ2) is 10.5. The van der Waals surface area contributed by atoms with Crippen LogP contribution in [0.15, 0.2) is 69.8 Å². The fourth-order valence-electron chi connectivity index (χ4n) is 4.66. The number of hydrogen-bond acceptors (Lipinski definition) is 7. The van der Waals surface area contributed by atoms with E-state index in [-0.39, 0.29) is 16.7 Å². The van der Waals surface area contributed by atoms with Gasteiger partial charge in [-0.05, 0) is 73.4 Å². The van der Waals surface area contributed by atoms with Crippen molar-refractivity contribution in [3.63, 3.8) is 0 Å². The van der Waals surface area contributed by atoms with Crippen molar-refractivity contribution in [3.05, 3.63) is 71.9 Å². The Balaban J connectivity index is 1.46. The first kappa shape index (κ1) is 24.8. The summed E-state index contributed by atoms with van der Waals surface area (Å²) in [5, 5.41) is 17.4. The van der Waals surface area contributed by atoms with Crippen LogP contribution in [0.3, 0.4) is 0 Å². The van der Waals surface area contributed by atoms with Crippen LogP contribution in [0, 0.1) is 35.0 Å². The number of aromatic nitrogens is 3. The third-order valence-electron chi connectivity index (χ3n) is 6.70. The number of rotatable bonds is 8. The molecule has 0 aliphatic heterocycles. The first-order valence-electron chi connectivity index (χ1n) is 11.7. The van der Waals surface area contributed by atoms with Crippen molar-refractivity contribution in [2.45, 2.75) is 38.5 Å². The lowest BCUT2D eigenvalue weighted by atomic mass is 9.70. The quantitative estimate of drug-likeness (QED) is 0.464. The first-order valence-corrected chi connectivity index (χ1v) is 13.2. The number of allylic oxidation sites excluding steroid dienone is 1. The molecule has 1 aromatic carbocycles. The zero-order valence-electron chi connectivity index (χ0n) is 20.0. The van der Waals surface area contributed by atoms with Gasteiger partial charge in [-0.3, -0.25) is 4.98 Å². The van der Waals surface area contributed by atoms with E-state index in [2.05, 4.69) is 46.8 Å². The number of hydrogen-bond donors (Lipinski definition) is 1. The van der Waals surface area contributed by atoms with E-state index in [1.165, 1.54) is 29.8 Å². The normalized spacial score (nSPS) is 20.4. The SMILES string of the molecule is CC1=CC(CNS(=O)(=O)c2ccc(C#N)cc2)C(C(C)C)CC1Cc1nnc(-c2ccncc2)o1. The van der Waals surface area contributed by atoms with Crippen LogP contribution in [0.5, 0.6) is 0 Å². The Bertz CT molecular complexity index is 1330. The van der Waals surface area contributed by atoms with Gasteiger partial charge in [0.25, 0.3) is 0 Å². The summed E-state index contributed by atoms with van der Waals surface area (Å²) in [4.78, 5) is 4.18. The Kier molecular flexibility index (Phi) is 7.43. The van der Waals surface area contributed by atoms with Gasteiger partial charge in [-0.15, -0.1) is 10.2 Å². The minimum atomic E-state index is -3.66. The number of nitriles is 1. The maximum Gasteiger partial charge on any atom is 0.247 e. The maximum atomic E-state index is 12.8. The van der Waals surface area contributed by atoms with E-state index < -0.39 is 10.0 Å². The number of pyridine rings is 1. The monoisotopic (exact) mass is 491 g/mol. The molecule has 3 atom stereocenters. The standard InChI is InChI=1S/C26H29N5O3S/c1-17(2)24-13-21(14-25-30-31-26(34-25)20-8-10-28-11-9-20)18(3)12-22(24)16-29-35(32,33)23-6-4-19(15-27)5-7-23/h4-12,17,21-22,24,29H,13-14,16H2,1-3H3. The Morgan fingerprint density at radius 1 is 1.14 bits per heavy atom. The van der Waals surface area contributed by atoms with Crippen molar-refractivity contribution >= 4 is 10.0 Å². The number of nitrogens with zero attached hydrogens (tertiary/aromatic N) is 4. The number of sulfonamides is 1. The van der Waals surface area contributed by atoms with Crippen molar-refractivity contribution in [3.8, 4) is 17.5 Å². The molecule has 1 N–H and O–H groups in total. The fourth-order valence-corrected chi connectivity index (χ4v) is 5.74. The van der Waals surface area contributed by atoms with Crippen LogP contribution in [-0.4, -0.2) is 30.1 Å². The van der Waals surface area contributed by atoms with Crippen LogP contribution in [-0.2, 0) is 16.4 Å².